The van der Waals surface area contributed by atoms with Gasteiger partial charge in [0.15, 0.2) is 0 Å². The number of aromatic nitrogens is 1. The molecule has 1 aromatic carbocycles. The highest BCUT2D eigenvalue weighted by atomic mass is 35.5. The quantitative estimate of drug-likeness (QED) is 0.672. The molecule has 1 N–H and O–H groups in total. The second-order valence-electron chi connectivity index (χ2n) is 3.98. The molecule has 2 aromatic rings. The Morgan fingerprint density at radius 1 is 1.29 bits per heavy atom. The third kappa shape index (κ3) is 3.60. The van der Waals surface area contributed by atoms with Crippen molar-refractivity contribution < 1.29 is 18.1 Å². The van der Waals surface area contributed by atoms with Crippen LogP contribution in [0.4, 0.5) is 30.4 Å². The molecule has 5 nitrogen and oxygen atoms in total. The minimum Gasteiger partial charge on any atom is -0.339 e. The molecule has 0 aliphatic heterocycles. The summed E-state index contributed by atoms with van der Waals surface area (Å²) >= 11 is 5.73. The number of benzene rings is 1. The molecule has 0 aliphatic rings. The van der Waals surface area contributed by atoms with Gasteiger partial charge in [0.25, 0.3) is 5.69 Å². The van der Waals surface area contributed by atoms with Crippen molar-refractivity contribution in [2.24, 2.45) is 0 Å². The summed E-state index contributed by atoms with van der Waals surface area (Å²) < 4.78 is 37.4. The van der Waals surface area contributed by atoms with E-state index in [0.29, 0.717) is 11.9 Å². The molecule has 0 atom stereocenters. The number of nitrogens with zero attached hydrogens (tertiary/aromatic N) is 2. The van der Waals surface area contributed by atoms with Crippen LogP contribution in [0.25, 0.3) is 0 Å². The van der Waals surface area contributed by atoms with E-state index in [1.165, 1.54) is 24.3 Å². The standard InChI is InChI=1S/C12H7ClF3N3O2/c13-10-4-7(12(14,15)16)6-17-11(10)18-8-2-1-3-9(5-8)19(20)21/h1-6H,(H,17,18). The first kappa shape index (κ1) is 15.0. The fraction of sp³-hybridized carbons (Fsp3) is 0.0833. The second-order valence-corrected chi connectivity index (χ2v) is 4.39. The normalized spacial score (nSPS) is 11.2. The van der Waals surface area contributed by atoms with Crippen molar-refractivity contribution in [2.75, 3.05) is 5.32 Å². The van der Waals surface area contributed by atoms with E-state index in [1.54, 1.807) is 0 Å². The van der Waals surface area contributed by atoms with E-state index in [1.807, 2.05) is 0 Å². The summed E-state index contributed by atoms with van der Waals surface area (Å²) in [6.45, 7) is 0. The smallest absolute Gasteiger partial charge is 0.339 e. The molecule has 0 spiro atoms. The Labute approximate surface area is 121 Å². The highest BCUT2D eigenvalue weighted by Gasteiger charge is 2.31. The Morgan fingerprint density at radius 3 is 2.57 bits per heavy atom. The number of halogens is 4. The van der Waals surface area contributed by atoms with Gasteiger partial charge in [-0.15, -0.1) is 0 Å². The molecule has 110 valence electrons. The molecule has 9 heteroatoms. The van der Waals surface area contributed by atoms with E-state index in [0.717, 1.165) is 6.07 Å². The molecule has 1 heterocycles. The van der Waals surface area contributed by atoms with Crippen LogP contribution in [0.5, 0.6) is 0 Å². The highest BCUT2D eigenvalue weighted by molar-refractivity contribution is 6.33. The lowest BCUT2D eigenvalue weighted by atomic mass is 10.2. The van der Waals surface area contributed by atoms with Gasteiger partial charge in [-0.05, 0) is 12.1 Å². The molecule has 0 bridgehead atoms. The van der Waals surface area contributed by atoms with Crippen LogP contribution in [0.3, 0.4) is 0 Å². The number of nitro groups is 1. The van der Waals surface area contributed by atoms with Crippen molar-refractivity contribution in [3.8, 4) is 0 Å². The zero-order chi connectivity index (χ0) is 15.6. The molecule has 2 rings (SSSR count). The molecule has 0 saturated heterocycles. The van der Waals surface area contributed by atoms with Gasteiger partial charge < -0.3 is 5.32 Å². The summed E-state index contributed by atoms with van der Waals surface area (Å²) in [6.07, 6.45) is -3.91. The first-order chi connectivity index (χ1) is 9.77. The Balaban J connectivity index is 2.28. The van der Waals surface area contributed by atoms with Crippen LogP contribution in [0.1, 0.15) is 5.56 Å². The second kappa shape index (κ2) is 5.57. The van der Waals surface area contributed by atoms with Crippen molar-refractivity contribution >= 4 is 28.8 Å². The number of hydrogen-bond donors (Lipinski definition) is 1. The summed E-state index contributed by atoms with van der Waals surface area (Å²) in [7, 11) is 0. The zero-order valence-electron chi connectivity index (χ0n) is 10.2. The number of rotatable bonds is 3. The predicted octanol–water partition coefficient (Wildman–Crippen LogP) is 4.41. The molecular formula is C12H7ClF3N3O2. The van der Waals surface area contributed by atoms with E-state index in [4.69, 9.17) is 11.6 Å². The van der Waals surface area contributed by atoms with Crippen molar-refractivity contribution in [3.63, 3.8) is 0 Å². The van der Waals surface area contributed by atoms with E-state index < -0.39 is 16.7 Å². The minimum atomic E-state index is -4.54. The number of nitro benzene ring substituents is 1. The van der Waals surface area contributed by atoms with Crippen molar-refractivity contribution in [2.45, 2.75) is 6.18 Å². The van der Waals surface area contributed by atoms with E-state index in [2.05, 4.69) is 10.3 Å². The third-order valence-electron chi connectivity index (χ3n) is 2.49. The first-order valence-electron chi connectivity index (χ1n) is 5.51. The van der Waals surface area contributed by atoms with Crippen molar-refractivity contribution in [1.29, 1.82) is 0 Å². The lowest BCUT2D eigenvalue weighted by Crippen LogP contribution is -2.06. The SMILES string of the molecule is O=[N+]([O-])c1cccc(Nc2ncc(C(F)(F)F)cc2Cl)c1. The van der Waals surface area contributed by atoms with Crippen molar-refractivity contribution in [1.82, 2.24) is 4.98 Å². The number of nitrogens with one attached hydrogen (secondary N) is 1. The van der Waals surface area contributed by atoms with E-state index >= 15 is 0 Å². The number of non-ortho nitro benzene ring substituents is 1. The molecular weight excluding hydrogens is 311 g/mol. The molecule has 21 heavy (non-hydrogen) atoms. The predicted molar refractivity (Wildman–Crippen MR) is 70.6 cm³/mol. The van der Waals surface area contributed by atoms with Gasteiger partial charge in [-0.2, -0.15) is 13.2 Å². The number of pyridine rings is 1. The average molecular weight is 318 g/mol. The largest absolute Gasteiger partial charge is 0.417 e. The van der Waals surface area contributed by atoms with Gasteiger partial charge in [0.2, 0.25) is 0 Å². The van der Waals surface area contributed by atoms with Gasteiger partial charge >= 0.3 is 6.18 Å². The summed E-state index contributed by atoms with van der Waals surface area (Å²) in [5, 5.41) is 13.0. The molecule has 0 aliphatic carbocycles. The lowest BCUT2D eigenvalue weighted by molar-refractivity contribution is -0.384. The monoisotopic (exact) mass is 317 g/mol. The molecule has 1 aromatic heterocycles. The zero-order valence-corrected chi connectivity index (χ0v) is 10.9. The molecule has 0 saturated carbocycles. The first-order valence-corrected chi connectivity index (χ1v) is 5.89. The lowest BCUT2D eigenvalue weighted by Gasteiger charge is -2.10. The van der Waals surface area contributed by atoms with Crippen LogP contribution >= 0.6 is 11.6 Å². The van der Waals surface area contributed by atoms with Gasteiger partial charge in [0.05, 0.1) is 15.5 Å². The molecule has 0 amide bonds. The minimum absolute atomic E-state index is 0.0230. The Bertz CT molecular complexity index is 692. The number of anilines is 2. The fourth-order valence-electron chi connectivity index (χ4n) is 1.52. The van der Waals surface area contributed by atoms with Crippen LogP contribution in [-0.2, 0) is 6.18 Å². The van der Waals surface area contributed by atoms with Gasteiger partial charge in [0, 0.05) is 24.0 Å². The maximum absolute atomic E-state index is 12.5. The molecule has 0 unspecified atom stereocenters. The highest BCUT2D eigenvalue weighted by Crippen LogP contribution is 2.33. The molecule has 0 radical (unpaired) electrons. The van der Waals surface area contributed by atoms with Gasteiger partial charge in [-0.3, -0.25) is 10.1 Å². The topological polar surface area (TPSA) is 68.1 Å². The number of alkyl halides is 3. The maximum atomic E-state index is 12.5. The van der Waals surface area contributed by atoms with Gasteiger partial charge in [-0.1, -0.05) is 17.7 Å². The summed E-state index contributed by atoms with van der Waals surface area (Å²) in [5.74, 6) is -0.0230. The average Bonchev–Trinajstić information content (AvgIpc) is 2.40. The Hall–Kier alpha value is -2.35. The summed E-state index contributed by atoms with van der Waals surface area (Å²) in [5.41, 5.74) is -0.849. The Kier molecular flexibility index (Phi) is 3.99. The van der Waals surface area contributed by atoms with Crippen LogP contribution in [0.15, 0.2) is 36.5 Å². The third-order valence-corrected chi connectivity index (χ3v) is 2.78. The van der Waals surface area contributed by atoms with Crippen LogP contribution < -0.4 is 5.32 Å². The van der Waals surface area contributed by atoms with Crippen LogP contribution in [0.2, 0.25) is 5.02 Å². The van der Waals surface area contributed by atoms with E-state index in [9.17, 15) is 23.3 Å². The molecule has 0 fully saturated rings. The maximum Gasteiger partial charge on any atom is 0.417 e. The Morgan fingerprint density at radius 2 is 2.00 bits per heavy atom. The fourth-order valence-corrected chi connectivity index (χ4v) is 1.73. The van der Waals surface area contributed by atoms with Crippen LogP contribution in [0, 0.1) is 10.1 Å². The van der Waals surface area contributed by atoms with Crippen LogP contribution in [-0.4, -0.2) is 9.91 Å². The number of hydrogen-bond acceptors (Lipinski definition) is 4. The summed E-state index contributed by atoms with van der Waals surface area (Å²) in [6, 6.07) is 6.16. The van der Waals surface area contributed by atoms with E-state index in [-0.39, 0.29) is 16.5 Å². The summed E-state index contributed by atoms with van der Waals surface area (Å²) in [4.78, 5) is 13.6. The van der Waals surface area contributed by atoms with Crippen molar-refractivity contribution in [3.05, 3.63) is 57.2 Å². The van der Waals surface area contributed by atoms with Gasteiger partial charge in [-0.25, -0.2) is 4.98 Å². The van der Waals surface area contributed by atoms with Gasteiger partial charge in [0.1, 0.15) is 5.82 Å².